The summed E-state index contributed by atoms with van der Waals surface area (Å²) in [7, 11) is 0. The Hall–Kier alpha value is -2.96. The Morgan fingerprint density at radius 3 is 2.79 bits per heavy atom. The fourth-order valence-corrected chi connectivity index (χ4v) is 2.58. The fraction of sp³-hybridized carbons (Fsp3) is 0.294. The summed E-state index contributed by atoms with van der Waals surface area (Å²) in [5.74, 6) is 0.835. The van der Waals surface area contributed by atoms with Gasteiger partial charge in [-0.3, -0.25) is 9.36 Å². The van der Waals surface area contributed by atoms with E-state index in [4.69, 9.17) is 5.73 Å². The number of hydrogen-bond acceptors (Lipinski definition) is 4. The Morgan fingerprint density at radius 1 is 1.33 bits per heavy atom. The molecule has 1 amide bonds. The third kappa shape index (κ3) is 2.80. The molecule has 0 spiro atoms. The van der Waals surface area contributed by atoms with Crippen LogP contribution < -0.4 is 5.73 Å². The number of nitrogens with two attached hydrogens (primary N) is 1. The van der Waals surface area contributed by atoms with E-state index in [1.54, 1.807) is 17.0 Å². The zero-order chi connectivity index (χ0) is 17.3. The molecule has 0 unspecified atom stereocenters. The Kier molecular flexibility index (Phi) is 4.16. The minimum absolute atomic E-state index is 0.222. The van der Waals surface area contributed by atoms with E-state index in [2.05, 4.69) is 29.0 Å². The number of primary amides is 1. The van der Waals surface area contributed by atoms with Crippen LogP contribution in [0.2, 0.25) is 0 Å². The number of rotatable bonds is 5. The SMILES string of the molecule is CCc1cc(C(N)=O)n(-c2cccc(-c3nncn3C(C)C)n2)c1. The van der Waals surface area contributed by atoms with Crippen LogP contribution in [0.5, 0.6) is 0 Å². The molecule has 3 aromatic heterocycles. The Bertz CT molecular complexity index is 877. The normalized spacial score (nSPS) is 11.2. The van der Waals surface area contributed by atoms with Gasteiger partial charge in [0.05, 0.1) is 0 Å². The Morgan fingerprint density at radius 2 is 2.12 bits per heavy atom. The van der Waals surface area contributed by atoms with Crippen LogP contribution in [0.25, 0.3) is 17.3 Å². The number of aryl methyl sites for hydroxylation is 1. The lowest BCUT2D eigenvalue weighted by molar-refractivity contribution is 0.0993. The maximum absolute atomic E-state index is 11.7. The predicted octanol–water partition coefficient (Wildman–Crippen LogP) is 2.37. The second-order valence-corrected chi connectivity index (χ2v) is 5.86. The smallest absolute Gasteiger partial charge is 0.265 e. The first-order valence-corrected chi connectivity index (χ1v) is 7.89. The summed E-state index contributed by atoms with van der Waals surface area (Å²) in [6.45, 7) is 6.14. The first kappa shape index (κ1) is 15.9. The quantitative estimate of drug-likeness (QED) is 0.780. The summed E-state index contributed by atoms with van der Waals surface area (Å²) in [5.41, 5.74) is 7.65. The highest BCUT2D eigenvalue weighted by Gasteiger charge is 2.15. The maximum Gasteiger partial charge on any atom is 0.265 e. The van der Waals surface area contributed by atoms with Crippen molar-refractivity contribution >= 4 is 5.91 Å². The van der Waals surface area contributed by atoms with Crippen molar-refractivity contribution < 1.29 is 4.79 Å². The van der Waals surface area contributed by atoms with Crippen molar-refractivity contribution in [2.45, 2.75) is 33.2 Å². The lowest BCUT2D eigenvalue weighted by Gasteiger charge is -2.11. The first-order chi connectivity index (χ1) is 11.5. The van der Waals surface area contributed by atoms with Gasteiger partial charge < -0.3 is 10.3 Å². The van der Waals surface area contributed by atoms with E-state index in [9.17, 15) is 4.79 Å². The van der Waals surface area contributed by atoms with Crippen LogP contribution in [0.3, 0.4) is 0 Å². The lowest BCUT2D eigenvalue weighted by atomic mass is 10.2. The molecule has 3 aromatic rings. The van der Waals surface area contributed by atoms with Crippen LogP contribution in [0, 0.1) is 0 Å². The van der Waals surface area contributed by atoms with Gasteiger partial charge >= 0.3 is 0 Å². The van der Waals surface area contributed by atoms with Crippen LogP contribution in [0.4, 0.5) is 0 Å². The van der Waals surface area contributed by atoms with Crippen molar-refractivity contribution in [2.75, 3.05) is 0 Å². The van der Waals surface area contributed by atoms with Crippen molar-refractivity contribution in [3.05, 3.63) is 48.0 Å². The third-order valence-corrected chi connectivity index (χ3v) is 3.88. The molecule has 0 saturated heterocycles. The van der Waals surface area contributed by atoms with Gasteiger partial charge in [-0.2, -0.15) is 0 Å². The molecule has 7 nitrogen and oxygen atoms in total. The lowest BCUT2D eigenvalue weighted by Crippen LogP contribution is -2.16. The minimum atomic E-state index is -0.479. The Balaban J connectivity index is 2.10. The van der Waals surface area contributed by atoms with E-state index < -0.39 is 5.91 Å². The van der Waals surface area contributed by atoms with Gasteiger partial charge in [0.15, 0.2) is 5.82 Å². The molecule has 0 aliphatic heterocycles. The summed E-state index contributed by atoms with van der Waals surface area (Å²) in [5, 5.41) is 8.15. The van der Waals surface area contributed by atoms with E-state index in [0.29, 0.717) is 23.0 Å². The van der Waals surface area contributed by atoms with Crippen molar-refractivity contribution in [2.24, 2.45) is 5.73 Å². The molecular weight excluding hydrogens is 304 g/mol. The summed E-state index contributed by atoms with van der Waals surface area (Å²) >= 11 is 0. The highest BCUT2D eigenvalue weighted by atomic mass is 16.1. The fourth-order valence-electron chi connectivity index (χ4n) is 2.58. The van der Waals surface area contributed by atoms with Crippen LogP contribution in [-0.4, -0.2) is 30.2 Å². The summed E-state index contributed by atoms with van der Waals surface area (Å²) in [6, 6.07) is 7.62. The van der Waals surface area contributed by atoms with Gasteiger partial charge in [-0.05, 0) is 44.0 Å². The van der Waals surface area contributed by atoms with Gasteiger partial charge in [-0.25, -0.2) is 4.98 Å². The average Bonchev–Trinajstić information content (AvgIpc) is 3.22. The van der Waals surface area contributed by atoms with E-state index in [1.165, 1.54) is 0 Å². The third-order valence-electron chi connectivity index (χ3n) is 3.88. The molecule has 0 aliphatic carbocycles. The molecule has 3 rings (SSSR count). The summed E-state index contributed by atoms with van der Waals surface area (Å²) in [6.07, 6.45) is 4.39. The van der Waals surface area contributed by atoms with Crippen molar-refractivity contribution in [3.8, 4) is 17.3 Å². The number of amides is 1. The standard InChI is InChI=1S/C17H20N6O/c1-4-12-8-14(16(18)24)22(9-12)15-7-5-6-13(20-15)17-21-19-10-23(17)11(2)3/h5-11H,4H2,1-3H3,(H2,18,24). The summed E-state index contributed by atoms with van der Waals surface area (Å²) in [4.78, 5) is 16.4. The molecule has 0 saturated carbocycles. The van der Waals surface area contributed by atoms with Gasteiger partial charge in [0.2, 0.25) is 0 Å². The zero-order valence-corrected chi connectivity index (χ0v) is 14.0. The molecule has 0 aromatic carbocycles. The molecule has 124 valence electrons. The first-order valence-electron chi connectivity index (χ1n) is 7.89. The van der Waals surface area contributed by atoms with Gasteiger partial charge in [0.25, 0.3) is 5.91 Å². The molecule has 7 heteroatoms. The molecule has 0 bridgehead atoms. The predicted molar refractivity (Wildman–Crippen MR) is 90.9 cm³/mol. The van der Waals surface area contributed by atoms with Gasteiger partial charge in [0.1, 0.15) is 23.5 Å². The highest BCUT2D eigenvalue weighted by Crippen LogP contribution is 2.21. The zero-order valence-electron chi connectivity index (χ0n) is 14.0. The average molecular weight is 324 g/mol. The topological polar surface area (TPSA) is 91.6 Å². The highest BCUT2D eigenvalue weighted by molar-refractivity contribution is 5.92. The number of carbonyl (C=O) groups excluding carboxylic acids is 1. The van der Waals surface area contributed by atoms with Crippen LogP contribution >= 0.6 is 0 Å². The largest absolute Gasteiger partial charge is 0.364 e. The molecule has 0 fully saturated rings. The number of hydrogen-bond donors (Lipinski definition) is 1. The molecule has 3 heterocycles. The van der Waals surface area contributed by atoms with Crippen molar-refractivity contribution in [1.29, 1.82) is 0 Å². The number of pyridine rings is 1. The molecular formula is C17H20N6O. The van der Waals surface area contributed by atoms with E-state index in [-0.39, 0.29) is 6.04 Å². The minimum Gasteiger partial charge on any atom is -0.364 e. The van der Waals surface area contributed by atoms with E-state index in [1.807, 2.05) is 35.9 Å². The molecule has 0 aliphatic rings. The van der Waals surface area contributed by atoms with Crippen molar-refractivity contribution in [1.82, 2.24) is 24.3 Å². The van der Waals surface area contributed by atoms with Crippen LogP contribution in [-0.2, 0) is 6.42 Å². The second kappa shape index (κ2) is 6.27. The number of nitrogens with zero attached hydrogens (tertiary/aromatic N) is 5. The summed E-state index contributed by atoms with van der Waals surface area (Å²) < 4.78 is 3.68. The van der Waals surface area contributed by atoms with Gasteiger partial charge in [-0.1, -0.05) is 13.0 Å². The van der Waals surface area contributed by atoms with Gasteiger partial charge in [0, 0.05) is 12.2 Å². The number of carbonyl (C=O) groups is 1. The molecule has 0 atom stereocenters. The Labute approximate surface area is 140 Å². The second-order valence-electron chi connectivity index (χ2n) is 5.86. The number of aromatic nitrogens is 5. The molecule has 24 heavy (non-hydrogen) atoms. The van der Waals surface area contributed by atoms with Crippen molar-refractivity contribution in [3.63, 3.8) is 0 Å². The molecule has 0 radical (unpaired) electrons. The van der Waals surface area contributed by atoms with Gasteiger partial charge in [-0.15, -0.1) is 10.2 Å². The monoisotopic (exact) mass is 324 g/mol. The van der Waals surface area contributed by atoms with E-state index >= 15 is 0 Å². The maximum atomic E-state index is 11.7. The van der Waals surface area contributed by atoms with E-state index in [0.717, 1.165) is 12.0 Å². The molecule has 2 N–H and O–H groups in total. The van der Waals surface area contributed by atoms with Crippen LogP contribution in [0.15, 0.2) is 36.8 Å². The van der Waals surface area contributed by atoms with Crippen LogP contribution in [0.1, 0.15) is 42.9 Å².